The molecule has 0 aliphatic heterocycles. The number of urea groups is 1. The zero-order chi connectivity index (χ0) is 13.5. The number of carboxylic acids is 1. The van der Waals surface area contributed by atoms with Crippen LogP contribution in [-0.2, 0) is 4.79 Å². The van der Waals surface area contributed by atoms with Gasteiger partial charge in [-0.1, -0.05) is 0 Å². The summed E-state index contributed by atoms with van der Waals surface area (Å²) >= 11 is 0. The molecule has 1 heterocycles. The molecule has 0 atom stereocenters. The maximum absolute atomic E-state index is 11.2. The maximum Gasteiger partial charge on any atom is 0.358 e. The molecule has 18 heavy (non-hydrogen) atoms. The Morgan fingerprint density at radius 2 is 2.17 bits per heavy atom. The van der Waals surface area contributed by atoms with Crippen LogP contribution in [0.15, 0.2) is 18.3 Å². The number of aromatic carboxylic acids is 1. The lowest BCUT2D eigenvalue weighted by Crippen LogP contribution is -2.40. The van der Waals surface area contributed by atoms with Gasteiger partial charge in [0.25, 0.3) is 5.91 Å². The van der Waals surface area contributed by atoms with E-state index >= 15 is 0 Å². The van der Waals surface area contributed by atoms with Crippen molar-refractivity contribution in [1.82, 2.24) is 15.6 Å². The van der Waals surface area contributed by atoms with Crippen LogP contribution in [0.4, 0.5) is 4.79 Å². The van der Waals surface area contributed by atoms with Crippen molar-refractivity contribution < 1.29 is 24.2 Å². The van der Waals surface area contributed by atoms with Gasteiger partial charge in [-0.05, 0) is 12.1 Å². The number of aromatic nitrogens is 1. The second kappa shape index (κ2) is 6.18. The summed E-state index contributed by atoms with van der Waals surface area (Å²) in [4.78, 5) is 36.4. The number of carboxylic acid groups (broad SMARTS) is 1. The molecule has 1 aromatic rings. The van der Waals surface area contributed by atoms with Gasteiger partial charge in [0.15, 0.2) is 18.1 Å². The number of hydrogen-bond acceptors (Lipinski definition) is 5. The second-order valence-electron chi connectivity index (χ2n) is 3.07. The van der Waals surface area contributed by atoms with E-state index in [0.717, 1.165) is 0 Å². The molecule has 0 saturated heterocycles. The predicted octanol–water partition coefficient (Wildman–Crippen LogP) is -0.386. The zero-order valence-electron chi connectivity index (χ0n) is 9.47. The molecular weight excluding hydrogens is 242 g/mol. The SMILES string of the molecule is CNC(=O)NC(=O)COc1cccnc1C(=O)O. The summed E-state index contributed by atoms with van der Waals surface area (Å²) in [7, 11) is 1.35. The minimum atomic E-state index is -1.27. The van der Waals surface area contributed by atoms with E-state index in [1.165, 1.54) is 25.4 Å². The van der Waals surface area contributed by atoms with Gasteiger partial charge in [-0.3, -0.25) is 10.1 Å². The number of rotatable bonds is 4. The molecular formula is C10H11N3O5. The molecule has 0 bridgehead atoms. The minimum Gasteiger partial charge on any atom is -0.481 e. The summed E-state index contributed by atoms with van der Waals surface area (Å²) in [6, 6.07) is 2.16. The first-order valence-corrected chi connectivity index (χ1v) is 4.87. The van der Waals surface area contributed by atoms with E-state index in [4.69, 9.17) is 9.84 Å². The fourth-order valence-corrected chi connectivity index (χ4v) is 1.04. The molecule has 0 aromatic carbocycles. The fraction of sp³-hybridized carbons (Fsp3) is 0.200. The van der Waals surface area contributed by atoms with E-state index in [0.29, 0.717) is 0 Å². The maximum atomic E-state index is 11.2. The molecule has 0 saturated carbocycles. The molecule has 0 spiro atoms. The molecule has 1 rings (SSSR count). The van der Waals surface area contributed by atoms with E-state index in [1.807, 2.05) is 5.32 Å². The van der Waals surface area contributed by atoms with E-state index in [-0.39, 0.29) is 11.4 Å². The van der Waals surface area contributed by atoms with Crippen molar-refractivity contribution in [1.29, 1.82) is 0 Å². The van der Waals surface area contributed by atoms with Crippen molar-refractivity contribution in [3.63, 3.8) is 0 Å². The molecule has 0 aliphatic carbocycles. The van der Waals surface area contributed by atoms with Crippen LogP contribution in [0.2, 0.25) is 0 Å². The Morgan fingerprint density at radius 3 is 2.78 bits per heavy atom. The number of amides is 3. The van der Waals surface area contributed by atoms with Gasteiger partial charge in [-0.15, -0.1) is 0 Å². The molecule has 0 radical (unpaired) electrons. The van der Waals surface area contributed by atoms with Crippen LogP contribution < -0.4 is 15.4 Å². The number of hydrogen-bond donors (Lipinski definition) is 3. The first kappa shape index (κ1) is 13.4. The highest BCUT2D eigenvalue weighted by Gasteiger charge is 2.14. The van der Waals surface area contributed by atoms with Crippen molar-refractivity contribution in [2.24, 2.45) is 0 Å². The number of imide groups is 1. The lowest BCUT2D eigenvalue weighted by atomic mass is 10.3. The van der Waals surface area contributed by atoms with Gasteiger partial charge >= 0.3 is 12.0 Å². The lowest BCUT2D eigenvalue weighted by Gasteiger charge is -2.07. The minimum absolute atomic E-state index is 0.0444. The smallest absolute Gasteiger partial charge is 0.358 e. The van der Waals surface area contributed by atoms with Gasteiger partial charge in [0.05, 0.1) is 0 Å². The van der Waals surface area contributed by atoms with Crippen molar-refractivity contribution in [3.05, 3.63) is 24.0 Å². The summed E-state index contributed by atoms with van der Waals surface area (Å²) in [6.45, 7) is -0.487. The topological polar surface area (TPSA) is 118 Å². The molecule has 3 amide bonds. The number of pyridine rings is 1. The number of ether oxygens (including phenoxy) is 1. The first-order chi connectivity index (χ1) is 8.54. The van der Waals surface area contributed by atoms with Crippen LogP contribution in [0.5, 0.6) is 5.75 Å². The van der Waals surface area contributed by atoms with Crippen molar-refractivity contribution in [2.45, 2.75) is 0 Å². The Morgan fingerprint density at radius 1 is 1.44 bits per heavy atom. The van der Waals surface area contributed by atoms with E-state index in [9.17, 15) is 14.4 Å². The summed E-state index contributed by atoms with van der Waals surface area (Å²) < 4.78 is 4.97. The molecule has 1 aromatic heterocycles. The summed E-state index contributed by atoms with van der Waals surface area (Å²) in [5.41, 5.74) is -0.301. The fourth-order valence-electron chi connectivity index (χ4n) is 1.04. The monoisotopic (exact) mass is 253 g/mol. The van der Waals surface area contributed by atoms with Crippen molar-refractivity contribution in [3.8, 4) is 5.75 Å². The number of nitrogens with one attached hydrogen (secondary N) is 2. The zero-order valence-corrected chi connectivity index (χ0v) is 9.47. The van der Waals surface area contributed by atoms with Crippen LogP contribution >= 0.6 is 0 Å². The largest absolute Gasteiger partial charge is 0.481 e. The first-order valence-electron chi connectivity index (χ1n) is 4.87. The average Bonchev–Trinajstić information content (AvgIpc) is 2.36. The number of carbonyl (C=O) groups excluding carboxylic acids is 2. The van der Waals surface area contributed by atoms with Gasteiger partial charge in [-0.25, -0.2) is 14.6 Å². The molecule has 96 valence electrons. The standard InChI is InChI=1S/C10H11N3O5/c1-11-10(17)13-7(14)5-18-6-3-2-4-12-8(6)9(15)16/h2-4H,5H2,1H3,(H,15,16)(H2,11,13,14,17). The quantitative estimate of drug-likeness (QED) is 0.672. The molecule has 0 unspecified atom stereocenters. The third kappa shape index (κ3) is 3.74. The second-order valence-corrected chi connectivity index (χ2v) is 3.07. The summed E-state index contributed by atoms with van der Waals surface area (Å²) in [5, 5.41) is 13.0. The highest BCUT2D eigenvalue weighted by molar-refractivity contribution is 5.95. The van der Waals surface area contributed by atoms with Gasteiger partial charge in [0.1, 0.15) is 0 Å². The van der Waals surface area contributed by atoms with Crippen molar-refractivity contribution >= 4 is 17.9 Å². The number of nitrogens with zero attached hydrogens (tertiary/aromatic N) is 1. The Bertz CT molecular complexity index is 474. The Kier molecular flexibility index (Phi) is 4.61. The predicted molar refractivity (Wildman–Crippen MR) is 59.3 cm³/mol. The van der Waals surface area contributed by atoms with Gasteiger partial charge < -0.3 is 15.2 Å². The van der Waals surface area contributed by atoms with Crippen LogP contribution in [-0.4, -0.2) is 41.7 Å². The summed E-state index contributed by atoms with van der Waals surface area (Å²) in [5.74, 6) is -2.01. The molecule has 8 heteroatoms. The Labute approximate surface area is 102 Å². The highest BCUT2D eigenvalue weighted by atomic mass is 16.5. The van der Waals surface area contributed by atoms with Gasteiger partial charge in [0, 0.05) is 13.2 Å². The van der Waals surface area contributed by atoms with Crippen molar-refractivity contribution in [2.75, 3.05) is 13.7 Å². The average molecular weight is 253 g/mol. The normalized spacial score (nSPS) is 9.39. The highest BCUT2D eigenvalue weighted by Crippen LogP contribution is 2.14. The van der Waals surface area contributed by atoms with Gasteiger partial charge in [-0.2, -0.15) is 0 Å². The third-order valence-electron chi connectivity index (χ3n) is 1.81. The van der Waals surface area contributed by atoms with Crippen LogP contribution in [0, 0.1) is 0 Å². The molecule has 0 aliphatic rings. The summed E-state index contributed by atoms with van der Waals surface area (Å²) in [6.07, 6.45) is 1.29. The van der Waals surface area contributed by atoms with E-state index < -0.39 is 24.5 Å². The molecule has 8 nitrogen and oxygen atoms in total. The Balaban J connectivity index is 2.61. The third-order valence-corrected chi connectivity index (χ3v) is 1.81. The van der Waals surface area contributed by atoms with E-state index in [2.05, 4.69) is 10.3 Å². The number of carbonyl (C=O) groups is 3. The van der Waals surface area contributed by atoms with Gasteiger partial charge in [0.2, 0.25) is 0 Å². The Hall–Kier alpha value is -2.64. The molecule has 0 fully saturated rings. The van der Waals surface area contributed by atoms with Crippen LogP contribution in [0.1, 0.15) is 10.5 Å². The lowest BCUT2D eigenvalue weighted by molar-refractivity contribution is -0.122. The van der Waals surface area contributed by atoms with Crippen LogP contribution in [0.3, 0.4) is 0 Å². The van der Waals surface area contributed by atoms with E-state index in [1.54, 1.807) is 0 Å². The molecule has 3 N–H and O–H groups in total. The van der Waals surface area contributed by atoms with Crippen LogP contribution in [0.25, 0.3) is 0 Å².